The summed E-state index contributed by atoms with van der Waals surface area (Å²) in [7, 11) is 0. The zero-order valence-electron chi connectivity index (χ0n) is 20.9. The molecule has 5 N–H and O–H groups in total. The molecule has 0 fully saturated rings. The lowest BCUT2D eigenvalue weighted by atomic mass is 10.0. The lowest BCUT2D eigenvalue weighted by molar-refractivity contribution is -0.111. The minimum absolute atomic E-state index is 0.327. The number of amides is 2. The van der Waals surface area contributed by atoms with Crippen LogP contribution in [0.25, 0.3) is 22.0 Å². The number of benzene rings is 3. The molecule has 0 bridgehead atoms. The third-order valence-corrected chi connectivity index (χ3v) is 6.15. The van der Waals surface area contributed by atoms with Crippen LogP contribution in [0.5, 0.6) is 0 Å². The molecule has 1 atom stereocenters. The first-order valence-electron chi connectivity index (χ1n) is 12.3. The second kappa shape index (κ2) is 11.4. The molecule has 3 aromatic carbocycles. The van der Waals surface area contributed by atoms with Gasteiger partial charge in [-0.15, -0.1) is 0 Å². The van der Waals surface area contributed by atoms with E-state index in [4.69, 9.17) is 0 Å². The van der Waals surface area contributed by atoms with Crippen LogP contribution in [0.2, 0.25) is 0 Å². The van der Waals surface area contributed by atoms with Gasteiger partial charge in [0.2, 0.25) is 5.91 Å². The van der Waals surface area contributed by atoms with Gasteiger partial charge in [-0.1, -0.05) is 43.0 Å². The monoisotopic (exact) mass is 518 g/mol. The smallest absolute Gasteiger partial charge is 0.256 e. The maximum atomic E-state index is 12.9. The maximum absolute atomic E-state index is 12.9. The number of pyridine rings is 1. The summed E-state index contributed by atoms with van der Waals surface area (Å²) in [5.41, 5.74) is 5.12. The molecule has 2 heterocycles. The summed E-state index contributed by atoms with van der Waals surface area (Å²) in [6.45, 7) is 3.76. The molecule has 0 aliphatic heterocycles. The molecule has 0 aliphatic carbocycles. The summed E-state index contributed by atoms with van der Waals surface area (Å²) in [6.07, 6.45) is 3.99. The van der Waals surface area contributed by atoms with Gasteiger partial charge in [-0.25, -0.2) is 0 Å². The predicted molar refractivity (Wildman–Crippen MR) is 152 cm³/mol. The zero-order valence-corrected chi connectivity index (χ0v) is 20.9. The largest absolute Gasteiger partial charge is 0.387 e. The Hall–Kier alpha value is -5.28. The van der Waals surface area contributed by atoms with E-state index in [9.17, 15) is 14.7 Å². The van der Waals surface area contributed by atoms with Crippen LogP contribution in [0.3, 0.4) is 0 Å². The molecular weight excluding hydrogens is 492 g/mol. The van der Waals surface area contributed by atoms with E-state index in [1.54, 1.807) is 36.7 Å². The van der Waals surface area contributed by atoms with Crippen molar-refractivity contribution in [3.63, 3.8) is 0 Å². The second-order valence-electron chi connectivity index (χ2n) is 8.83. The minimum atomic E-state index is -0.648. The van der Waals surface area contributed by atoms with Gasteiger partial charge in [0.05, 0.1) is 17.3 Å². The molecule has 0 unspecified atom stereocenters. The number of H-pyrrole nitrogens is 1. The third kappa shape index (κ3) is 6.00. The fourth-order valence-corrected chi connectivity index (χ4v) is 4.07. The molecule has 0 spiro atoms. The average molecular weight is 519 g/mol. The lowest BCUT2D eigenvalue weighted by Crippen LogP contribution is -2.13. The topological polar surface area (TPSA) is 132 Å². The number of anilines is 3. The number of nitrogens with zero attached hydrogens (tertiary/aromatic N) is 2. The average Bonchev–Trinajstić information content (AvgIpc) is 3.38. The van der Waals surface area contributed by atoms with Crippen molar-refractivity contribution < 1.29 is 14.7 Å². The molecular formula is C30H26N6O3. The van der Waals surface area contributed by atoms with Crippen LogP contribution in [-0.2, 0) is 4.79 Å². The summed E-state index contributed by atoms with van der Waals surface area (Å²) in [6, 6.07) is 23.7. The maximum Gasteiger partial charge on any atom is 0.256 e. The van der Waals surface area contributed by atoms with Gasteiger partial charge in [0.1, 0.15) is 0 Å². The number of carbonyl (C=O) groups is 2. The van der Waals surface area contributed by atoms with E-state index in [1.165, 1.54) is 6.08 Å². The van der Waals surface area contributed by atoms with Crippen molar-refractivity contribution in [1.29, 1.82) is 0 Å². The van der Waals surface area contributed by atoms with E-state index in [0.29, 0.717) is 23.6 Å². The van der Waals surface area contributed by atoms with Crippen molar-refractivity contribution in [3.8, 4) is 11.1 Å². The summed E-state index contributed by atoms with van der Waals surface area (Å²) in [4.78, 5) is 28.7. The summed E-state index contributed by atoms with van der Waals surface area (Å²) >= 11 is 0. The first-order valence-corrected chi connectivity index (χ1v) is 12.3. The highest BCUT2D eigenvalue weighted by Gasteiger charge is 2.13. The molecule has 0 saturated carbocycles. The Morgan fingerprint density at radius 2 is 1.72 bits per heavy atom. The molecule has 39 heavy (non-hydrogen) atoms. The van der Waals surface area contributed by atoms with Gasteiger partial charge in [0.15, 0.2) is 5.82 Å². The number of aliphatic hydroxyl groups excluding tert-OH is 1. The Labute approximate surface area is 224 Å². The van der Waals surface area contributed by atoms with Crippen molar-refractivity contribution in [1.82, 2.24) is 15.2 Å². The van der Waals surface area contributed by atoms with E-state index in [1.807, 2.05) is 54.6 Å². The number of carbonyl (C=O) groups excluding carboxylic acids is 2. The van der Waals surface area contributed by atoms with E-state index < -0.39 is 6.10 Å². The van der Waals surface area contributed by atoms with Crippen molar-refractivity contribution in [2.45, 2.75) is 6.10 Å². The summed E-state index contributed by atoms with van der Waals surface area (Å²) < 4.78 is 0. The molecule has 2 amide bonds. The second-order valence-corrected chi connectivity index (χ2v) is 8.83. The quantitative estimate of drug-likeness (QED) is 0.172. The Balaban J connectivity index is 1.30. The molecule has 2 aromatic heterocycles. The Bertz CT molecular complexity index is 1630. The summed E-state index contributed by atoms with van der Waals surface area (Å²) in [5.74, 6) is -0.262. The van der Waals surface area contributed by atoms with Crippen LogP contribution in [-0.4, -0.2) is 38.6 Å². The summed E-state index contributed by atoms with van der Waals surface area (Å²) in [5, 5.41) is 27.2. The van der Waals surface area contributed by atoms with Gasteiger partial charge in [0.25, 0.3) is 5.91 Å². The van der Waals surface area contributed by atoms with Crippen molar-refractivity contribution in [3.05, 3.63) is 115 Å². The van der Waals surface area contributed by atoms with E-state index in [-0.39, 0.29) is 11.8 Å². The number of hydrogen-bond acceptors (Lipinski definition) is 6. The molecule has 5 aromatic rings. The number of fused-ring (bicyclic) bond motifs is 1. The SMILES string of the molecule is C=CC(=O)Nc1ccc(C(=O)Nc2n[nH]c3ccc(-c4cncc(NC[C@@H](O)c5ccccc5)c4)cc23)cc1. The van der Waals surface area contributed by atoms with Crippen LogP contribution in [0, 0.1) is 0 Å². The third-order valence-electron chi connectivity index (χ3n) is 6.15. The predicted octanol–water partition coefficient (Wildman–Crippen LogP) is 5.15. The van der Waals surface area contributed by atoms with Gasteiger partial charge >= 0.3 is 0 Å². The van der Waals surface area contributed by atoms with Crippen LogP contribution < -0.4 is 16.0 Å². The van der Waals surface area contributed by atoms with Crippen molar-refractivity contribution >= 4 is 39.9 Å². The molecule has 9 nitrogen and oxygen atoms in total. The molecule has 194 valence electrons. The van der Waals surface area contributed by atoms with Crippen LogP contribution in [0.1, 0.15) is 22.0 Å². The molecule has 0 radical (unpaired) electrons. The molecule has 0 aliphatic rings. The van der Waals surface area contributed by atoms with Crippen molar-refractivity contribution in [2.75, 3.05) is 22.5 Å². The highest BCUT2D eigenvalue weighted by molar-refractivity contribution is 6.08. The van der Waals surface area contributed by atoms with Crippen LogP contribution in [0.15, 0.2) is 104 Å². The molecule has 0 saturated heterocycles. The van der Waals surface area contributed by atoms with Crippen LogP contribution >= 0.6 is 0 Å². The zero-order chi connectivity index (χ0) is 27.2. The van der Waals surface area contributed by atoms with Crippen LogP contribution in [0.4, 0.5) is 17.2 Å². The highest BCUT2D eigenvalue weighted by atomic mass is 16.3. The lowest BCUT2D eigenvalue weighted by Gasteiger charge is -2.13. The van der Waals surface area contributed by atoms with Gasteiger partial charge < -0.3 is 21.1 Å². The molecule has 9 heteroatoms. The number of aromatic amines is 1. The van der Waals surface area contributed by atoms with Crippen molar-refractivity contribution in [2.24, 2.45) is 0 Å². The number of aliphatic hydroxyl groups is 1. The fourth-order valence-electron chi connectivity index (χ4n) is 4.07. The fraction of sp³-hybridized carbons (Fsp3) is 0.0667. The normalized spacial score (nSPS) is 11.5. The first kappa shape index (κ1) is 25.4. The van der Waals surface area contributed by atoms with E-state index >= 15 is 0 Å². The van der Waals surface area contributed by atoms with Gasteiger partial charge in [-0.05, 0) is 59.7 Å². The molecule has 5 rings (SSSR count). The first-order chi connectivity index (χ1) is 19.0. The van der Waals surface area contributed by atoms with Gasteiger partial charge in [0, 0.05) is 41.1 Å². The number of aromatic nitrogens is 3. The Morgan fingerprint density at radius 1 is 0.923 bits per heavy atom. The Morgan fingerprint density at radius 3 is 2.49 bits per heavy atom. The highest BCUT2D eigenvalue weighted by Crippen LogP contribution is 2.29. The van der Waals surface area contributed by atoms with E-state index in [0.717, 1.165) is 33.3 Å². The minimum Gasteiger partial charge on any atom is -0.387 e. The van der Waals surface area contributed by atoms with Gasteiger partial charge in [-0.2, -0.15) is 5.10 Å². The number of nitrogens with one attached hydrogen (secondary N) is 4. The Kier molecular flexibility index (Phi) is 7.42. The number of hydrogen-bond donors (Lipinski definition) is 5. The van der Waals surface area contributed by atoms with E-state index in [2.05, 4.69) is 37.7 Å². The van der Waals surface area contributed by atoms with Gasteiger partial charge in [-0.3, -0.25) is 19.7 Å². The standard InChI is InChI=1S/C30H26N6O3/c1-2-28(38)33-23-11-8-20(9-12-23)30(39)34-29-25-15-21(10-13-26(25)35-36-29)22-14-24(17-31-16-22)32-18-27(37)19-6-4-3-5-7-19/h2-17,27,32,37H,1,18H2,(H,33,38)(H2,34,35,36,39)/t27-/m1/s1. The number of rotatable bonds is 9.